The van der Waals surface area contributed by atoms with Gasteiger partial charge in [0.15, 0.2) is 5.82 Å². The van der Waals surface area contributed by atoms with Gasteiger partial charge in [-0.3, -0.25) is 14.8 Å². The van der Waals surface area contributed by atoms with Gasteiger partial charge in [-0.05, 0) is 18.2 Å². The smallest absolute Gasteiger partial charge is 0.324 e. The number of aromatic nitrogens is 3. The Morgan fingerprint density at radius 1 is 1.23 bits per heavy atom. The Labute approximate surface area is 173 Å². The number of hydrogen-bond acceptors (Lipinski definition) is 5. The number of carbonyl (C=O) groups excluding carboxylic acids is 2. The van der Waals surface area contributed by atoms with Crippen LogP contribution >= 0.6 is 0 Å². The van der Waals surface area contributed by atoms with Gasteiger partial charge in [0.2, 0.25) is 0 Å². The number of rotatable bonds is 3. The van der Waals surface area contributed by atoms with Gasteiger partial charge in [0, 0.05) is 47.1 Å². The van der Waals surface area contributed by atoms with Gasteiger partial charge in [-0.15, -0.1) is 0 Å². The summed E-state index contributed by atoms with van der Waals surface area (Å²) >= 11 is 0. The Kier molecular flexibility index (Phi) is 4.65. The highest BCUT2D eigenvalue weighted by atomic mass is 16.5. The molecule has 4 rings (SSSR count). The number of nitrogens with zero attached hydrogens (tertiary/aromatic N) is 3. The number of urea groups is 1. The predicted octanol–water partition coefficient (Wildman–Crippen LogP) is 3.84. The van der Waals surface area contributed by atoms with E-state index in [-0.39, 0.29) is 11.3 Å². The van der Waals surface area contributed by atoms with Crippen molar-refractivity contribution in [1.82, 2.24) is 14.9 Å². The highest BCUT2D eigenvalue weighted by molar-refractivity contribution is 6.35. The third-order valence-electron chi connectivity index (χ3n) is 4.59. The first kappa shape index (κ1) is 19.4. The predicted molar refractivity (Wildman–Crippen MR) is 114 cm³/mol. The van der Waals surface area contributed by atoms with Gasteiger partial charge < -0.3 is 15.2 Å². The van der Waals surface area contributed by atoms with Gasteiger partial charge in [0.25, 0.3) is 5.91 Å². The molecule has 2 aromatic heterocycles. The Hall–Kier alpha value is -3.88. The van der Waals surface area contributed by atoms with Crippen LogP contribution in [0.5, 0.6) is 0 Å². The zero-order valence-corrected chi connectivity index (χ0v) is 17.1. The van der Waals surface area contributed by atoms with Gasteiger partial charge in [-0.1, -0.05) is 32.0 Å². The second-order valence-corrected chi connectivity index (χ2v) is 8.13. The molecule has 3 aromatic rings. The first-order chi connectivity index (χ1) is 14.2. The second-order valence-electron chi connectivity index (χ2n) is 8.13. The standard InChI is InChI=1S/C21H22N6O3/c1-21(2,3)17-9-18(26-30-17)25-20(29)23-13-5-6-14-15(19(28)24-16(14)8-13)7-12-10-22-27(4)11-12/h5-11H,1-4H3,(H,24,28)(H2,23,25,26,29)/b15-7-. The average Bonchev–Trinajstić information content (AvgIpc) is 3.35. The Morgan fingerprint density at radius 3 is 2.70 bits per heavy atom. The number of amides is 3. The quantitative estimate of drug-likeness (QED) is 0.572. The summed E-state index contributed by atoms with van der Waals surface area (Å²) in [4.78, 5) is 24.7. The fourth-order valence-corrected chi connectivity index (χ4v) is 3.06. The molecule has 0 radical (unpaired) electrons. The lowest BCUT2D eigenvalue weighted by Gasteiger charge is -2.12. The van der Waals surface area contributed by atoms with E-state index in [1.165, 1.54) is 0 Å². The molecule has 9 nitrogen and oxygen atoms in total. The van der Waals surface area contributed by atoms with E-state index in [9.17, 15) is 9.59 Å². The lowest BCUT2D eigenvalue weighted by molar-refractivity contribution is -0.110. The molecule has 0 aliphatic carbocycles. The molecule has 3 amide bonds. The van der Waals surface area contributed by atoms with Crippen LogP contribution in [0.4, 0.5) is 22.0 Å². The van der Waals surface area contributed by atoms with E-state index < -0.39 is 6.03 Å². The van der Waals surface area contributed by atoms with Crippen molar-refractivity contribution >= 4 is 40.8 Å². The first-order valence-electron chi connectivity index (χ1n) is 9.40. The molecule has 1 aliphatic heterocycles. The maximum absolute atomic E-state index is 12.4. The summed E-state index contributed by atoms with van der Waals surface area (Å²) < 4.78 is 6.93. The number of benzene rings is 1. The fourth-order valence-electron chi connectivity index (χ4n) is 3.06. The van der Waals surface area contributed by atoms with Gasteiger partial charge in [0.05, 0.1) is 11.9 Å². The highest BCUT2D eigenvalue weighted by Gasteiger charge is 2.25. The van der Waals surface area contributed by atoms with Gasteiger partial charge in [-0.25, -0.2) is 4.79 Å². The van der Waals surface area contributed by atoms with Crippen LogP contribution in [0.1, 0.15) is 37.7 Å². The summed E-state index contributed by atoms with van der Waals surface area (Å²) in [6.07, 6.45) is 5.30. The molecule has 0 saturated carbocycles. The molecule has 3 heterocycles. The molecule has 0 fully saturated rings. The van der Waals surface area contributed by atoms with Crippen LogP contribution in [0, 0.1) is 0 Å². The lowest BCUT2D eigenvalue weighted by Crippen LogP contribution is -2.19. The van der Waals surface area contributed by atoms with Crippen molar-refractivity contribution in [3.8, 4) is 0 Å². The van der Waals surface area contributed by atoms with E-state index in [0.29, 0.717) is 28.5 Å². The lowest BCUT2D eigenvalue weighted by atomic mass is 9.93. The Morgan fingerprint density at radius 2 is 2.03 bits per heavy atom. The number of hydrogen-bond donors (Lipinski definition) is 3. The molecule has 0 bridgehead atoms. The molecule has 0 atom stereocenters. The van der Waals surface area contributed by atoms with Crippen LogP contribution in [0.15, 0.2) is 41.2 Å². The third-order valence-corrected chi connectivity index (χ3v) is 4.59. The monoisotopic (exact) mass is 406 g/mol. The molecule has 30 heavy (non-hydrogen) atoms. The maximum Gasteiger partial charge on any atom is 0.324 e. The summed E-state index contributed by atoms with van der Waals surface area (Å²) in [5.41, 5.74) is 3.10. The molecule has 154 valence electrons. The van der Waals surface area contributed by atoms with Crippen molar-refractivity contribution in [2.24, 2.45) is 7.05 Å². The minimum Gasteiger partial charge on any atom is -0.359 e. The normalized spacial score (nSPS) is 14.5. The molecule has 3 N–H and O–H groups in total. The van der Waals surface area contributed by atoms with E-state index in [2.05, 4.69) is 26.2 Å². The number of anilines is 3. The van der Waals surface area contributed by atoms with Crippen molar-refractivity contribution in [2.45, 2.75) is 26.2 Å². The molecular formula is C21H22N6O3. The summed E-state index contributed by atoms with van der Waals surface area (Å²) in [5, 5.41) is 16.2. The SMILES string of the molecule is Cn1cc(/C=C2\C(=O)Nc3cc(NC(=O)Nc4cc(C(C)(C)C)on4)ccc32)cn1. The summed E-state index contributed by atoms with van der Waals surface area (Å²) in [7, 11) is 1.82. The number of nitrogens with one attached hydrogen (secondary N) is 3. The van der Waals surface area contributed by atoms with E-state index in [1.54, 1.807) is 41.2 Å². The van der Waals surface area contributed by atoms with Crippen LogP contribution in [0.3, 0.4) is 0 Å². The van der Waals surface area contributed by atoms with Crippen LogP contribution in [0.2, 0.25) is 0 Å². The number of carbonyl (C=O) groups is 2. The Balaban J connectivity index is 1.48. The summed E-state index contributed by atoms with van der Waals surface area (Å²) in [5.74, 6) is 0.798. The first-order valence-corrected chi connectivity index (χ1v) is 9.40. The molecular weight excluding hydrogens is 384 g/mol. The minimum absolute atomic E-state index is 0.201. The summed E-state index contributed by atoms with van der Waals surface area (Å²) in [6, 6.07) is 6.47. The van der Waals surface area contributed by atoms with Crippen LogP contribution in [0.25, 0.3) is 11.6 Å². The zero-order valence-electron chi connectivity index (χ0n) is 17.1. The van der Waals surface area contributed by atoms with E-state index in [0.717, 1.165) is 11.1 Å². The fraction of sp³-hybridized carbons (Fsp3) is 0.238. The van der Waals surface area contributed by atoms with E-state index in [4.69, 9.17) is 4.52 Å². The van der Waals surface area contributed by atoms with Crippen molar-refractivity contribution < 1.29 is 14.1 Å². The molecule has 0 saturated heterocycles. The van der Waals surface area contributed by atoms with E-state index >= 15 is 0 Å². The molecule has 0 unspecified atom stereocenters. The van der Waals surface area contributed by atoms with E-state index in [1.807, 2.05) is 34.0 Å². The van der Waals surface area contributed by atoms with Crippen LogP contribution in [-0.4, -0.2) is 26.9 Å². The van der Waals surface area contributed by atoms with Crippen molar-refractivity contribution in [1.29, 1.82) is 0 Å². The van der Waals surface area contributed by atoms with Gasteiger partial charge in [0.1, 0.15) is 5.76 Å². The van der Waals surface area contributed by atoms with Crippen molar-refractivity contribution in [3.63, 3.8) is 0 Å². The summed E-state index contributed by atoms with van der Waals surface area (Å²) in [6.45, 7) is 5.98. The molecule has 1 aliphatic rings. The molecule has 0 spiro atoms. The van der Waals surface area contributed by atoms with Crippen LogP contribution < -0.4 is 16.0 Å². The largest absolute Gasteiger partial charge is 0.359 e. The highest BCUT2D eigenvalue weighted by Crippen LogP contribution is 2.35. The minimum atomic E-state index is -0.459. The van der Waals surface area contributed by atoms with Crippen molar-refractivity contribution in [2.75, 3.05) is 16.0 Å². The van der Waals surface area contributed by atoms with Gasteiger partial charge in [-0.2, -0.15) is 5.10 Å². The molecule has 1 aromatic carbocycles. The molecule has 9 heteroatoms. The van der Waals surface area contributed by atoms with Crippen molar-refractivity contribution in [3.05, 3.63) is 53.5 Å². The number of aryl methyl sites for hydroxylation is 1. The Bertz CT molecular complexity index is 1170. The number of fused-ring (bicyclic) bond motifs is 1. The van der Waals surface area contributed by atoms with Gasteiger partial charge >= 0.3 is 6.03 Å². The zero-order chi connectivity index (χ0) is 21.5. The van der Waals surface area contributed by atoms with Crippen LogP contribution in [-0.2, 0) is 17.3 Å². The average molecular weight is 406 g/mol. The second kappa shape index (κ2) is 7.18. The maximum atomic E-state index is 12.4. The topological polar surface area (TPSA) is 114 Å². The third kappa shape index (κ3) is 3.95.